The molecule has 1 heterocycles. The Kier molecular flexibility index (Phi) is 11.7. The number of nitrogens with zero attached hydrogens (tertiary/aromatic N) is 2. The van der Waals surface area contributed by atoms with Crippen molar-refractivity contribution in [2.45, 2.75) is 99.8 Å². The molecule has 1 aliphatic carbocycles. The van der Waals surface area contributed by atoms with Crippen LogP contribution in [0.4, 0.5) is 5.69 Å². The number of amides is 1. The molecule has 0 bridgehead atoms. The van der Waals surface area contributed by atoms with Crippen molar-refractivity contribution in [2.75, 3.05) is 11.5 Å². The Morgan fingerprint density at radius 3 is 2.17 bits per heavy atom. The number of carbonyl (C=O) groups excluding carboxylic acids is 2. The number of rotatable bonds is 9. The van der Waals surface area contributed by atoms with Crippen LogP contribution in [0, 0.1) is 11.8 Å². The van der Waals surface area contributed by atoms with Gasteiger partial charge in [-0.1, -0.05) is 39.0 Å². The molecule has 1 fully saturated rings. The third kappa shape index (κ3) is 7.22. The molecule has 1 saturated carbocycles. The molecule has 200 valence electrons. The summed E-state index contributed by atoms with van der Waals surface area (Å²) in [5.41, 5.74) is 2.71. The minimum Gasteiger partial charge on any atom is -0.462 e. The second kappa shape index (κ2) is 14.2. The summed E-state index contributed by atoms with van der Waals surface area (Å²) in [5, 5.41) is 0. The van der Waals surface area contributed by atoms with E-state index in [4.69, 9.17) is 9.47 Å². The van der Waals surface area contributed by atoms with E-state index < -0.39 is 5.97 Å². The molecule has 3 rings (SSSR count). The highest BCUT2D eigenvalue weighted by Gasteiger charge is 2.36. The van der Waals surface area contributed by atoms with Gasteiger partial charge in [0.2, 0.25) is 5.91 Å². The number of esters is 1. The Labute approximate surface area is 218 Å². The van der Waals surface area contributed by atoms with Crippen LogP contribution in [-0.2, 0) is 20.9 Å². The maximum absolute atomic E-state index is 13.9. The summed E-state index contributed by atoms with van der Waals surface area (Å²) < 4.78 is 13.4. The van der Waals surface area contributed by atoms with Crippen LogP contribution in [-0.4, -0.2) is 35.2 Å². The van der Waals surface area contributed by atoms with Gasteiger partial charge in [0.1, 0.15) is 5.56 Å². The molecule has 6 heteroatoms. The average molecular weight is 499 g/mol. The molecule has 0 spiro atoms. The molecule has 1 aromatic heterocycles. The minimum atomic E-state index is -0.423. The number of hydrogen-bond acceptors (Lipinski definition) is 4. The van der Waals surface area contributed by atoms with Crippen molar-refractivity contribution in [1.82, 2.24) is 4.57 Å². The molecule has 2 aromatic rings. The summed E-state index contributed by atoms with van der Waals surface area (Å²) in [6.07, 6.45) is 5.68. The fourth-order valence-corrected chi connectivity index (χ4v) is 4.69. The molecule has 6 nitrogen and oxygen atoms in total. The van der Waals surface area contributed by atoms with Crippen LogP contribution in [0.25, 0.3) is 5.69 Å². The van der Waals surface area contributed by atoms with Crippen molar-refractivity contribution in [3.63, 3.8) is 0 Å². The number of carbonyl (C=O) groups is 2. The van der Waals surface area contributed by atoms with Gasteiger partial charge in [0, 0.05) is 23.8 Å². The summed E-state index contributed by atoms with van der Waals surface area (Å²) in [4.78, 5) is 28.9. The van der Waals surface area contributed by atoms with E-state index in [-0.39, 0.29) is 37.2 Å². The van der Waals surface area contributed by atoms with Crippen LogP contribution in [0.15, 0.2) is 36.5 Å². The van der Waals surface area contributed by atoms with E-state index in [1.807, 2.05) is 81.3 Å². The number of anilines is 1. The van der Waals surface area contributed by atoms with Gasteiger partial charge in [-0.15, -0.1) is 0 Å². The molecule has 1 amide bonds. The lowest BCUT2D eigenvalue weighted by Gasteiger charge is -2.34. The van der Waals surface area contributed by atoms with Crippen LogP contribution in [0.3, 0.4) is 0 Å². The van der Waals surface area contributed by atoms with Crippen molar-refractivity contribution in [2.24, 2.45) is 11.8 Å². The third-order valence-electron chi connectivity index (χ3n) is 6.52. The normalized spacial score (nSPS) is 17.5. The Hall–Kier alpha value is -2.60. The molecular formula is C30H46N2O4. The van der Waals surface area contributed by atoms with E-state index in [9.17, 15) is 9.59 Å². The predicted molar refractivity (Wildman–Crippen MR) is 147 cm³/mol. The molecule has 0 unspecified atom stereocenters. The van der Waals surface area contributed by atoms with E-state index in [1.165, 1.54) is 0 Å². The number of aromatic nitrogens is 1. The largest absolute Gasteiger partial charge is 0.462 e. The SMILES string of the molecule is CC.CCOC(=O)c1cn(-c2ccccc2)c(COC(C)C)c1N(C(=O)C1CCC(C)CC1)C(C)C. The van der Waals surface area contributed by atoms with Gasteiger partial charge in [0.15, 0.2) is 0 Å². The lowest BCUT2D eigenvalue weighted by Crippen LogP contribution is -2.43. The van der Waals surface area contributed by atoms with Crippen molar-refractivity contribution in [3.05, 3.63) is 47.8 Å². The van der Waals surface area contributed by atoms with E-state index in [0.717, 1.165) is 37.1 Å². The predicted octanol–water partition coefficient (Wildman–Crippen LogP) is 7.17. The van der Waals surface area contributed by atoms with Crippen molar-refractivity contribution in [1.29, 1.82) is 0 Å². The zero-order valence-electron chi connectivity index (χ0n) is 23.5. The third-order valence-corrected chi connectivity index (χ3v) is 6.52. The molecule has 36 heavy (non-hydrogen) atoms. The maximum Gasteiger partial charge on any atom is 0.341 e. The Morgan fingerprint density at radius 2 is 1.64 bits per heavy atom. The van der Waals surface area contributed by atoms with Gasteiger partial charge < -0.3 is 18.9 Å². The Balaban J connectivity index is 0.00000222. The van der Waals surface area contributed by atoms with Crippen molar-refractivity contribution < 1.29 is 19.1 Å². The van der Waals surface area contributed by atoms with Crippen LogP contribution in [0.2, 0.25) is 0 Å². The molecule has 0 saturated heterocycles. The van der Waals surface area contributed by atoms with E-state index in [0.29, 0.717) is 17.2 Å². The highest BCUT2D eigenvalue weighted by Crippen LogP contribution is 2.37. The second-order valence-electron chi connectivity index (χ2n) is 9.88. The molecule has 0 N–H and O–H groups in total. The zero-order chi connectivity index (χ0) is 26.8. The lowest BCUT2D eigenvalue weighted by molar-refractivity contribution is -0.123. The van der Waals surface area contributed by atoms with Gasteiger partial charge in [-0.2, -0.15) is 0 Å². The first kappa shape index (κ1) is 29.6. The summed E-state index contributed by atoms with van der Waals surface area (Å²) in [7, 11) is 0. The van der Waals surface area contributed by atoms with Crippen LogP contribution in [0.1, 0.15) is 97.1 Å². The molecule has 0 radical (unpaired) electrons. The first-order valence-corrected chi connectivity index (χ1v) is 13.7. The number of benzene rings is 1. The van der Waals surface area contributed by atoms with E-state index in [2.05, 4.69) is 6.92 Å². The van der Waals surface area contributed by atoms with Gasteiger partial charge in [0.25, 0.3) is 0 Å². The minimum absolute atomic E-state index is 0.000973. The highest BCUT2D eigenvalue weighted by atomic mass is 16.5. The second-order valence-corrected chi connectivity index (χ2v) is 9.88. The molecule has 0 aliphatic heterocycles. The fraction of sp³-hybridized carbons (Fsp3) is 0.600. The average Bonchev–Trinajstić information content (AvgIpc) is 3.24. The monoisotopic (exact) mass is 498 g/mol. The van der Waals surface area contributed by atoms with Gasteiger partial charge in [-0.05, 0) is 78.4 Å². The van der Waals surface area contributed by atoms with Crippen molar-refractivity contribution in [3.8, 4) is 5.69 Å². The first-order valence-electron chi connectivity index (χ1n) is 13.7. The van der Waals surface area contributed by atoms with E-state index in [1.54, 1.807) is 13.1 Å². The van der Waals surface area contributed by atoms with Crippen LogP contribution in [0.5, 0.6) is 0 Å². The Bertz CT molecular complexity index is 957. The van der Waals surface area contributed by atoms with Gasteiger partial charge in [-0.25, -0.2) is 4.79 Å². The molecule has 0 atom stereocenters. The van der Waals surface area contributed by atoms with Gasteiger partial charge >= 0.3 is 5.97 Å². The fourth-order valence-electron chi connectivity index (χ4n) is 4.69. The molecular weight excluding hydrogens is 452 g/mol. The number of hydrogen-bond donors (Lipinski definition) is 0. The zero-order valence-corrected chi connectivity index (χ0v) is 23.5. The highest BCUT2D eigenvalue weighted by molar-refractivity contribution is 6.04. The maximum atomic E-state index is 13.9. The molecule has 1 aromatic carbocycles. The topological polar surface area (TPSA) is 60.8 Å². The van der Waals surface area contributed by atoms with E-state index >= 15 is 0 Å². The smallest absolute Gasteiger partial charge is 0.341 e. The van der Waals surface area contributed by atoms with Gasteiger partial charge in [-0.3, -0.25) is 4.79 Å². The van der Waals surface area contributed by atoms with Crippen LogP contribution < -0.4 is 4.90 Å². The Morgan fingerprint density at radius 1 is 1.03 bits per heavy atom. The van der Waals surface area contributed by atoms with Gasteiger partial charge in [0.05, 0.1) is 30.7 Å². The standard InChI is InChI=1S/C28H40N2O4.C2H6/c1-7-33-28(32)24-17-29(23-11-9-8-10-12-23)25(18-34-20(4)5)26(24)30(19(2)3)27(31)22-15-13-21(6)14-16-22;1-2/h8-12,17,19-22H,7,13-16,18H2,1-6H3;1-2H3. The van der Waals surface area contributed by atoms with Crippen LogP contribution >= 0.6 is 0 Å². The molecule has 1 aliphatic rings. The quantitative estimate of drug-likeness (QED) is 0.344. The summed E-state index contributed by atoms with van der Waals surface area (Å²) in [6, 6.07) is 9.73. The summed E-state index contributed by atoms with van der Waals surface area (Å²) >= 11 is 0. The lowest BCUT2D eigenvalue weighted by atomic mass is 9.82. The summed E-state index contributed by atoms with van der Waals surface area (Å²) in [5.74, 6) is 0.283. The summed E-state index contributed by atoms with van der Waals surface area (Å²) in [6.45, 7) is 16.6. The number of ether oxygens (including phenoxy) is 2. The first-order chi connectivity index (χ1) is 17.2. The van der Waals surface area contributed by atoms with Crippen molar-refractivity contribution >= 4 is 17.6 Å². The number of para-hydroxylation sites is 1.